The maximum absolute atomic E-state index is 13.1. The number of imidazole rings is 1. The molecule has 0 spiro atoms. The molecule has 4 aliphatic heterocycles. The second-order valence-electron chi connectivity index (χ2n) is 12.8. The van der Waals surface area contributed by atoms with Gasteiger partial charge >= 0.3 is 11.9 Å². The molecule has 5 aliphatic rings. The summed E-state index contributed by atoms with van der Waals surface area (Å²) in [6, 6.07) is 0. The summed E-state index contributed by atoms with van der Waals surface area (Å²) in [5.74, 6) is 0.173. The lowest BCUT2D eigenvalue weighted by molar-refractivity contribution is -0.730. The number of aliphatic hydroxyl groups excluding tert-OH is 1. The summed E-state index contributed by atoms with van der Waals surface area (Å²) in [5, 5.41) is 42.8. The van der Waals surface area contributed by atoms with Crippen molar-refractivity contribution in [1.82, 2.24) is 9.55 Å². The van der Waals surface area contributed by atoms with E-state index in [0.29, 0.717) is 51.0 Å². The van der Waals surface area contributed by atoms with Crippen LogP contribution in [-0.2, 0) is 29.1 Å². The minimum absolute atomic E-state index is 0.0730. The number of benzene rings is 1. The Balaban J connectivity index is 1.28. The molecule has 5 heterocycles. The van der Waals surface area contributed by atoms with Crippen LogP contribution >= 0.6 is 0 Å². The number of amidine groups is 1. The Hall–Kier alpha value is -4.86. The smallest absolute Gasteiger partial charge is 0.374 e. The molecule has 3 atom stereocenters. The van der Waals surface area contributed by atoms with Crippen LogP contribution in [0.25, 0.3) is 5.57 Å². The number of rotatable bonds is 9. The molecule has 3 unspecified atom stereocenters. The van der Waals surface area contributed by atoms with E-state index >= 15 is 0 Å². The standard InChI is InChI=1S/C34H39N7O8/c1-4-47-31(44)22-14-18(10-12-40-13-11-36-33(40)41-17-37-25-29(41)38-32(35)39-30(25)43)24-27(46-3)20-15-23(34(2,45)19-8-6-5-7-9-19)49-26(20)21(16-42)28(24)48-22/h10-11,13-14,19,23,42,45H,4-9,12,15-17H2,1-3H3,(H2,35,39,43). The van der Waals surface area contributed by atoms with Crippen molar-refractivity contribution in [3.63, 3.8) is 0 Å². The number of aromatic nitrogens is 2. The fourth-order valence-corrected chi connectivity index (χ4v) is 7.45. The van der Waals surface area contributed by atoms with Gasteiger partial charge in [-0.2, -0.15) is 9.98 Å². The number of nitrogens with one attached hydrogen (secondary N) is 2. The highest BCUT2D eigenvalue weighted by Crippen LogP contribution is 2.54. The first-order valence-corrected chi connectivity index (χ1v) is 16.5. The second-order valence-corrected chi connectivity index (χ2v) is 12.8. The van der Waals surface area contributed by atoms with Crippen LogP contribution in [0.1, 0.15) is 62.6 Å². The highest BCUT2D eigenvalue weighted by Gasteiger charge is 2.47. The number of esters is 1. The Morgan fingerprint density at radius 1 is 1.27 bits per heavy atom. The molecule has 15 nitrogen and oxygen atoms in total. The Labute approximate surface area is 282 Å². The molecule has 15 heteroatoms. The molecule has 7 rings (SSSR count). The largest absolute Gasteiger partial charge is 0.857 e. The van der Waals surface area contributed by atoms with Gasteiger partial charge in [-0.05, 0) is 44.3 Å². The fraction of sp³-hybridized carbons (Fsp3) is 0.471. The van der Waals surface area contributed by atoms with Gasteiger partial charge in [0, 0.05) is 30.6 Å². The molecule has 1 fully saturated rings. The summed E-state index contributed by atoms with van der Waals surface area (Å²) in [6.45, 7) is 3.62. The van der Waals surface area contributed by atoms with Crippen molar-refractivity contribution in [2.24, 2.45) is 20.9 Å². The Morgan fingerprint density at radius 3 is 2.80 bits per heavy atom. The van der Waals surface area contributed by atoms with Crippen molar-refractivity contribution >= 4 is 40.9 Å². The van der Waals surface area contributed by atoms with E-state index in [1.54, 1.807) is 32.5 Å². The molecule has 0 radical (unpaired) electrons. The summed E-state index contributed by atoms with van der Waals surface area (Å²) >= 11 is 0. The van der Waals surface area contributed by atoms with Gasteiger partial charge in [-0.15, -0.1) is 0 Å². The first-order chi connectivity index (χ1) is 23.7. The summed E-state index contributed by atoms with van der Waals surface area (Å²) in [5.41, 5.74) is 1.13. The van der Waals surface area contributed by atoms with E-state index in [1.807, 2.05) is 17.6 Å². The van der Waals surface area contributed by atoms with Gasteiger partial charge < -0.3 is 34.3 Å². The van der Waals surface area contributed by atoms with Crippen molar-refractivity contribution in [2.45, 2.75) is 77.2 Å². The van der Waals surface area contributed by atoms with Crippen LogP contribution in [0.2, 0.25) is 0 Å². The predicted octanol–water partition coefficient (Wildman–Crippen LogP) is 0.976. The number of fused-ring (bicyclic) bond motifs is 3. The number of guanidine groups is 1. The van der Waals surface area contributed by atoms with Gasteiger partial charge in [0.2, 0.25) is 11.7 Å². The van der Waals surface area contributed by atoms with E-state index in [2.05, 4.69) is 20.0 Å². The number of carbonyl (C=O) groups excluding carboxylic acids is 1. The van der Waals surface area contributed by atoms with Gasteiger partial charge in [0.1, 0.15) is 29.0 Å². The third-order valence-electron chi connectivity index (χ3n) is 9.94. The molecular formula is C34H39N7O8. The number of hydrogen-bond acceptors (Lipinski definition) is 11. The van der Waals surface area contributed by atoms with Crippen LogP contribution in [0.5, 0.6) is 17.2 Å². The van der Waals surface area contributed by atoms with E-state index in [0.717, 1.165) is 32.1 Å². The number of aliphatic hydroxyl groups is 2. The quantitative estimate of drug-likeness (QED) is 0.280. The van der Waals surface area contributed by atoms with Crippen LogP contribution in [0, 0.1) is 11.3 Å². The van der Waals surface area contributed by atoms with Crippen molar-refractivity contribution in [3.8, 4) is 17.2 Å². The van der Waals surface area contributed by atoms with Crippen molar-refractivity contribution in [2.75, 3.05) is 20.4 Å². The molecule has 1 aromatic heterocycles. The van der Waals surface area contributed by atoms with E-state index in [9.17, 15) is 20.1 Å². The van der Waals surface area contributed by atoms with Gasteiger partial charge in [-0.3, -0.25) is 9.98 Å². The second kappa shape index (κ2) is 12.9. The average Bonchev–Trinajstić information content (AvgIpc) is 3.85. The summed E-state index contributed by atoms with van der Waals surface area (Å²) in [6.07, 6.45) is 11.7. The molecule has 2 aromatic rings. The number of carbonyl (C=O) groups is 1. The molecule has 49 heavy (non-hydrogen) atoms. The van der Waals surface area contributed by atoms with E-state index in [1.165, 1.54) is 0 Å². The third kappa shape index (κ3) is 5.60. The van der Waals surface area contributed by atoms with Crippen LogP contribution < -0.4 is 24.2 Å². The summed E-state index contributed by atoms with van der Waals surface area (Å²) in [7, 11) is 1.54. The van der Waals surface area contributed by atoms with Gasteiger partial charge in [0.15, 0.2) is 12.4 Å². The van der Waals surface area contributed by atoms with Crippen LogP contribution in [0.15, 0.2) is 45.3 Å². The number of quaternary nitrogens is 1. The first-order valence-electron chi connectivity index (χ1n) is 16.5. The topological polar surface area (TPSA) is 201 Å². The van der Waals surface area contributed by atoms with E-state index in [-0.39, 0.29) is 54.8 Å². The molecule has 0 amide bonds. The molecule has 258 valence electrons. The monoisotopic (exact) mass is 673 g/mol. The van der Waals surface area contributed by atoms with Crippen molar-refractivity contribution in [1.29, 1.82) is 5.41 Å². The first kappa shape index (κ1) is 32.7. The van der Waals surface area contributed by atoms with E-state index in [4.69, 9.17) is 24.4 Å². The van der Waals surface area contributed by atoms with Gasteiger partial charge in [0.25, 0.3) is 5.84 Å². The number of aliphatic imine (C=N–C) groups is 3. The summed E-state index contributed by atoms with van der Waals surface area (Å²) < 4.78 is 25.8. The van der Waals surface area contributed by atoms with Gasteiger partial charge in [-0.1, -0.05) is 25.3 Å². The summed E-state index contributed by atoms with van der Waals surface area (Å²) in [4.78, 5) is 30.2. The molecule has 0 bridgehead atoms. The number of hydrogen-bond donors (Lipinski definition) is 4. The number of ether oxygens (including phenoxy) is 4. The minimum atomic E-state index is -1.12. The Morgan fingerprint density at radius 2 is 2.06 bits per heavy atom. The van der Waals surface area contributed by atoms with Crippen molar-refractivity contribution in [3.05, 3.63) is 47.0 Å². The number of nitrogens with zero attached hydrogens (tertiary/aromatic N) is 5. The minimum Gasteiger partial charge on any atom is -0.857 e. The zero-order chi connectivity index (χ0) is 34.4. The molecule has 0 saturated heterocycles. The zero-order valence-electron chi connectivity index (χ0n) is 27.6. The number of allylic oxidation sites excluding steroid dienone is 3. The van der Waals surface area contributed by atoms with Gasteiger partial charge in [-0.25, -0.2) is 19.7 Å². The Bertz CT molecular complexity index is 1860. The maximum Gasteiger partial charge on any atom is 0.374 e. The zero-order valence-corrected chi connectivity index (χ0v) is 27.6. The van der Waals surface area contributed by atoms with Crippen LogP contribution in [0.4, 0.5) is 5.95 Å². The fourth-order valence-electron chi connectivity index (χ4n) is 7.45. The molecule has 1 aliphatic carbocycles. The maximum atomic E-state index is 13.1. The lowest BCUT2D eigenvalue weighted by Gasteiger charge is -2.39. The average molecular weight is 674 g/mol. The highest BCUT2D eigenvalue weighted by molar-refractivity contribution is 6.66. The van der Waals surface area contributed by atoms with E-state index < -0.39 is 30.2 Å². The number of methoxy groups -OCH3 is 1. The Kier molecular flexibility index (Phi) is 8.58. The molecule has 1 aromatic carbocycles. The highest BCUT2D eigenvalue weighted by atomic mass is 16.6. The molecular weight excluding hydrogens is 634 g/mol. The van der Waals surface area contributed by atoms with Crippen molar-refractivity contribution < 1.29 is 44.0 Å². The SMILES string of the molecule is CCOC(=O)C1=CC(=CCn2ccnc2[NH+]2CN=C3C([O-])=NC(=N)N=C32)c2c(OC)c3c(c(CO)c2O1)OC(C(C)(O)C1CCCCC1)C3. The normalized spacial score (nSPS) is 23.6. The predicted molar refractivity (Wildman–Crippen MR) is 175 cm³/mol. The van der Waals surface area contributed by atoms with Crippen LogP contribution in [-0.4, -0.2) is 81.2 Å². The van der Waals surface area contributed by atoms with Gasteiger partial charge in [0.05, 0.1) is 37.6 Å². The lowest BCUT2D eigenvalue weighted by atomic mass is 9.74. The molecule has 1 saturated carbocycles. The lowest BCUT2D eigenvalue weighted by Crippen LogP contribution is -3.10. The molecule has 4 N–H and O–H groups in total. The van der Waals surface area contributed by atoms with Crippen LogP contribution in [0.3, 0.4) is 0 Å². The third-order valence-corrected chi connectivity index (χ3v) is 9.94.